The molecule has 0 nitrogen and oxygen atoms in total. The standard InChI is InChI=1S/C5H4Cl4/c6-4(7)1-2-5(8,9)3-4/h1-2H,3H2. The van der Waals surface area contributed by atoms with Gasteiger partial charge in [-0.1, -0.05) is 46.4 Å². The van der Waals surface area contributed by atoms with Crippen molar-refractivity contribution < 1.29 is 0 Å². The molecule has 1 aliphatic rings. The second-order valence-electron chi connectivity index (χ2n) is 2.03. The molecule has 0 aliphatic heterocycles. The third kappa shape index (κ3) is 2.19. The molecule has 0 aromatic carbocycles. The summed E-state index contributed by atoms with van der Waals surface area (Å²) in [5, 5.41) is 0. The lowest BCUT2D eigenvalue weighted by Crippen LogP contribution is -2.13. The summed E-state index contributed by atoms with van der Waals surface area (Å²) in [6.45, 7) is 0. The maximum Gasteiger partial charge on any atom is 0.139 e. The molecule has 9 heavy (non-hydrogen) atoms. The van der Waals surface area contributed by atoms with Crippen molar-refractivity contribution in [3.8, 4) is 0 Å². The van der Waals surface area contributed by atoms with Crippen LogP contribution in [-0.2, 0) is 0 Å². The molecule has 0 aromatic rings. The van der Waals surface area contributed by atoms with Gasteiger partial charge >= 0.3 is 0 Å². The molecule has 0 amide bonds. The summed E-state index contributed by atoms with van der Waals surface area (Å²) in [6.07, 6.45) is 3.54. The third-order valence-electron chi connectivity index (χ3n) is 1.04. The highest BCUT2D eigenvalue weighted by Crippen LogP contribution is 2.45. The number of hydrogen-bond acceptors (Lipinski definition) is 0. The lowest BCUT2D eigenvalue weighted by molar-refractivity contribution is 0.838. The van der Waals surface area contributed by atoms with Crippen molar-refractivity contribution in [1.29, 1.82) is 0 Å². The van der Waals surface area contributed by atoms with E-state index in [4.69, 9.17) is 46.4 Å². The smallest absolute Gasteiger partial charge is 0.0969 e. The molecule has 0 radical (unpaired) electrons. The Morgan fingerprint density at radius 1 is 0.889 bits per heavy atom. The van der Waals surface area contributed by atoms with E-state index in [0.717, 1.165) is 0 Å². The first kappa shape index (κ1) is 8.00. The zero-order valence-corrected chi connectivity index (χ0v) is 7.40. The van der Waals surface area contributed by atoms with E-state index in [1.54, 1.807) is 12.2 Å². The Kier molecular flexibility index (Phi) is 1.95. The number of hydrogen-bond donors (Lipinski definition) is 0. The lowest BCUT2D eigenvalue weighted by atomic mass is 10.3. The molecule has 0 N–H and O–H groups in total. The molecule has 1 aliphatic carbocycles. The Morgan fingerprint density at radius 3 is 1.33 bits per heavy atom. The van der Waals surface area contributed by atoms with Crippen LogP contribution < -0.4 is 0 Å². The van der Waals surface area contributed by atoms with Crippen LogP contribution in [-0.4, -0.2) is 8.67 Å². The van der Waals surface area contributed by atoms with Gasteiger partial charge in [-0.05, 0) is 12.2 Å². The topological polar surface area (TPSA) is 0 Å². The number of alkyl halides is 4. The first-order valence-electron chi connectivity index (χ1n) is 2.37. The van der Waals surface area contributed by atoms with Gasteiger partial charge in [-0.3, -0.25) is 0 Å². The predicted octanol–water partition coefficient (Wildman–Crippen LogP) is 3.29. The summed E-state index contributed by atoms with van der Waals surface area (Å²) >= 11 is 22.6. The fourth-order valence-corrected chi connectivity index (χ4v) is 2.04. The first-order valence-corrected chi connectivity index (χ1v) is 3.89. The van der Waals surface area contributed by atoms with Crippen LogP contribution in [0.4, 0.5) is 0 Å². The number of rotatable bonds is 0. The van der Waals surface area contributed by atoms with E-state index in [2.05, 4.69) is 0 Å². The van der Waals surface area contributed by atoms with Gasteiger partial charge in [-0.2, -0.15) is 0 Å². The minimum Gasteiger partial charge on any atom is -0.0969 e. The summed E-state index contributed by atoms with van der Waals surface area (Å²) in [5.41, 5.74) is 0. The van der Waals surface area contributed by atoms with Gasteiger partial charge in [0.05, 0.1) is 0 Å². The van der Waals surface area contributed by atoms with Gasteiger partial charge < -0.3 is 0 Å². The van der Waals surface area contributed by atoms with Crippen molar-refractivity contribution in [2.45, 2.75) is 15.1 Å². The molecule has 1 rings (SSSR count). The van der Waals surface area contributed by atoms with Crippen molar-refractivity contribution in [2.75, 3.05) is 0 Å². The summed E-state index contributed by atoms with van der Waals surface area (Å²) in [6, 6.07) is 0. The van der Waals surface area contributed by atoms with Crippen LogP contribution in [0, 0.1) is 0 Å². The molecule has 0 heterocycles. The Bertz CT molecular complexity index is 131. The number of allylic oxidation sites excluding steroid dienone is 2. The van der Waals surface area contributed by atoms with Crippen LogP contribution in [0.1, 0.15) is 6.42 Å². The SMILES string of the molecule is ClC1(Cl)C=CC(Cl)(Cl)C1. The van der Waals surface area contributed by atoms with Gasteiger partial charge in [-0.15, -0.1) is 0 Å². The molecule has 0 spiro atoms. The molecule has 0 saturated carbocycles. The van der Waals surface area contributed by atoms with Crippen LogP contribution >= 0.6 is 46.4 Å². The van der Waals surface area contributed by atoms with Crippen LogP contribution in [0.3, 0.4) is 0 Å². The molecule has 52 valence electrons. The van der Waals surface area contributed by atoms with Gasteiger partial charge in [0.2, 0.25) is 0 Å². The molecule has 4 heteroatoms. The van der Waals surface area contributed by atoms with Crippen LogP contribution in [0.2, 0.25) is 0 Å². The summed E-state index contributed by atoms with van der Waals surface area (Å²) in [5.74, 6) is 0. The second-order valence-corrected chi connectivity index (χ2v) is 5.12. The fraction of sp³-hybridized carbons (Fsp3) is 0.600. The van der Waals surface area contributed by atoms with Crippen molar-refractivity contribution in [1.82, 2.24) is 0 Å². The average molecular weight is 206 g/mol. The Labute approximate surface area is 73.7 Å². The maximum absolute atomic E-state index is 5.66. The fourth-order valence-electron chi connectivity index (χ4n) is 0.676. The third-order valence-corrected chi connectivity index (χ3v) is 2.08. The quantitative estimate of drug-likeness (QED) is 0.421. The highest BCUT2D eigenvalue weighted by Gasteiger charge is 2.38. The molecular formula is C5H4Cl4. The minimum absolute atomic E-state index is 0.353. The summed E-state index contributed by atoms with van der Waals surface area (Å²) in [4.78, 5) is 0. The highest BCUT2D eigenvalue weighted by molar-refractivity contribution is 6.55. The highest BCUT2D eigenvalue weighted by atomic mass is 35.5. The monoisotopic (exact) mass is 204 g/mol. The van der Waals surface area contributed by atoms with E-state index in [9.17, 15) is 0 Å². The Balaban J connectivity index is 2.71. The molecule has 0 fully saturated rings. The molecule has 0 bridgehead atoms. The van der Waals surface area contributed by atoms with Gasteiger partial charge in [-0.25, -0.2) is 0 Å². The second kappa shape index (κ2) is 2.20. The molecular weight excluding hydrogens is 202 g/mol. The zero-order valence-electron chi connectivity index (χ0n) is 4.37. The first-order chi connectivity index (χ1) is 3.91. The minimum atomic E-state index is -0.872. The number of halogens is 4. The van der Waals surface area contributed by atoms with Gasteiger partial charge in [0.15, 0.2) is 0 Å². The van der Waals surface area contributed by atoms with Crippen molar-refractivity contribution in [3.63, 3.8) is 0 Å². The van der Waals surface area contributed by atoms with E-state index in [1.165, 1.54) is 0 Å². The summed E-state index contributed by atoms with van der Waals surface area (Å²) in [7, 11) is 0. The van der Waals surface area contributed by atoms with E-state index in [1.807, 2.05) is 0 Å². The zero-order chi connectivity index (χ0) is 7.12. The van der Waals surface area contributed by atoms with Crippen LogP contribution in [0.25, 0.3) is 0 Å². The van der Waals surface area contributed by atoms with Gasteiger partial charge in [0, 0.05) is 6.42 Å². The van der Waals surface area contributed by atoms with E-state index >= 15 is 0 Å². The van der Waals surface area contributed by atoms with E-state index < -0.39 is 8.67 Å². The maximum atomic E-state index is 5.66. The van der Waals surface area contributed by atoms with Crippen LogP contribution in [0.15, 0.2) is 12.2 Å². The van der Waals surface area contributed by atoms with Gasteiger partial charge in [0.1, 0.15) is 8.67 Å². The van der Waals surface area contributed by atoms with Gasteiger partial charge in [0.25, 0.3) is 0 Å². The molecule has 0 unspecified atom stereocenters. The average Bonchev–Trinajstić information content (AvgIpc) is 1.78. The largest absolute Gasteiger partial charge is 0.139 e. The normalized spacial score (nSPS) is 28.9. The van der Waals surface area contributed by atoms with Crippen molar-refractivity contribution >= 4 is 46.4 Å². The molecule has 0 aromatic heterocycles. The lowest BCUT2D eigenvalue weighted by Gasteiger charge is -2.13. The van der Waals surface area contributed by atoms with E-state index in [-0.39, 0.29) is 0 Å². The molecule has 0 atom stereocenters. The van der Waals surface area contributed by atoms with Crippen LogP contribution in [0.5, 0.6) is 0 Å². The Hall–Kier alpha value is 0.900. The van der Waals surface area contributed by atoms with E-state index in [0.29, 0.717) is 6.42 Å². The van der Waals surface area contributed by atoms with Crippen molar-refractivity contribution in [3.05, 3.63) is 12.2 Å². The summed E-state index contributed by atoms with van der Waals surface area (Å²) < 4.78 is -1.74. The Morgan fingerprint density at radius 2 is 1.22 bits per heavy atom. The predicted molar refractivity (Wildman–Crippen MR) is 42.6 cm³/mol. The molecule has 0 saturated heterocycles. The van der Waals surface area contributed by atoms with Crippen molar-refractivity contribution in [2.24, 2.45) is 0 Å².